The van der Waals surface area contributed by atoms with Crippen molar-refractivity contribution in [3.63, 3.8) is 0 Å². The number of hydrogen-bond donors (Lipinski definition) is 2. The van der Waals surface area contributed by atoms with Gasteiger partial charge in [-0.1, -0.05) is 13.8 Å². The molecule has 0 aliphatic carbocycles. The maximum Gasteiger partial charge on any atom is 0.231 e. The highest BCUT2D eigenvalue weighted by Gasteiger charge is 2.13. The summed E-state index contributed by atoms with van der Waals surface area (Å²) in [5.41, 5.74) is 0. The molecule has 0 spiro atoms. The third kappa shape index (κ3) is 7.09. The van der Waals surface area contributed by atoms with E-state index in [1.807, 2.05) is 18.2 Å². The number of guanidine groups is 1. The lowest BCUT2D eigenvalue weighted by Gasteiger charge is -2.13. The predicted octanol–water partition coefficient (Wildman–Crippen LogP) is 2.02. The molecule has 2 N–H and O–H groups in total. The standard InChI is InChI=1S/C18H29N3O4/c1-14(2)12-22-9-4-7-20-18(19-3)21-8-10-23-15-5-6-16-17(11-15)25-13-24-16/h5-6,11,14H,4,7-10,12-13H2,1-3H3,(H2,19,20,21). The molecule has 0 fully saturated rings. The summed E-state index contributed by atoms with van der Waals surface area (Å²) in [6, 6.07) is 5.57. The Morgan fingerprint density at radius 1 is 1.16 bits per heavy atom. The van der Waals surface area contributed by atoms with Gasteiger partial charge in [0, 0.05) is 32.9 Å². The van der Waals surface area contributed by atoms with Gasteiger partial charge in [0.25, 0.3) is 0 Å². The average molecular weight is 351 g/mol. The molecule has 0 saturated heterocycles. The maximum absolute atomic E-state index is 5.71. The summed E-state index contributed by atoms with van der Waals surface area (Å²) in [6.45, 7) is 8.13. The third-order valence-corrected chi connectivity index (χ3v) is 3.44. The van der Waals surface area contributed by atoms with Gasteiger partial charge in [-0.2, -0.15) is 0 Å². The first-order chi connectivity index (χ1) is 12.2. The van der Waals surface area contributed by atoms with E-state index >= 15 is 0 Å². The molecule has 1 aliphatic rings. The lowest BCUT2D eigenvalue weighted by Crippen LogP contribution is -2.39. The Kier molecular flexibility index (Phi) is 8.18. The van der Waals surface area contributed by atoms with Crippen molar-refractivity contribution >= 4 is 5.96 Å². The second-order valence-corrected chi connectivity index (χ2v) is 6.11. The molecule has 0 saturated carbocycles. The molecule has 1 heterocycles. The van der Waals surface area contributed by atoms with Crippen LogP contribution in [0.1, 0.15) is 20.3 Å². The summed E-state index contributed by atoms with van der Waals surface area (Å²) in [6.07, 6.45) is 0.946. The van der Waals surface area contributed by atoms with Crippen LogP contribution in [0.2, 0.25) is 0 Å². The average Bonchev–Trinajstić information content (AvgIpc) is 3.07. The van der Waals surface area contributed by atoms with Crippen LogP contribution in [0.25, 0.3) is 0 Å². The smallest absolute Gasteiger partial charge is 0.231 e. The molecule has 1 aliphatic heterocycles. The number of rotatable bonds is 10. The molecular formula is C18H29N3O4. The van der Waals surface area contributed by atoms with Gasteiger partial charge in [0.05, 0.1) is 6.54 Å². The number of fused-ring (bicyclic) bond motifs is 1. The highest BCUT2D eigenvalue weighted by molar-refractivity contribution is 5.79. The molecule has 0 radical (unpaired) electrons. The first-order valence-corrected chi connectivity index (χ1v) is 8.73. The number of hydrogen-bond acceptors (Lipinski definition) is 5. The summed E-state index contributed by atoms with van der Waals surface area (Å²) in [5.74, 6) is 3.58. The normalized spacial score (nSPS) is 13.2. The summed E-state index contributed by atoms with van der Waals surface area (Å²) in [5, 5.41) is 6.48. The Morgan fingerprint density at radius 3 is 2.76 bits per heavy atom. The van der Waals surface area contributed by atoms with Gasteiger partial charge in [-0.15, -0.1) is 0 Å². The van der Waals surface area contributed by atoms with Crippen molar-refractivity contribution in [2.24, 2.45) is 10.9 Å². The molecule has 0 unspecified atom stereocenters. The SMILES string of the molecule is CN=C(NCCCOCC(C)C)NCCOc1ccc2c(c1)OCO2. The van der Waals surface area contributed by atoms with Gasteiger partial charge in [0.2, 0.25) is 6.79 Å². The topological polar surface area (TPSA) is 73.3 Å². The van der Waals surface area contributed by atoms with Crippen LogP contribution in [0.4, 0.5) is 0 Å². The Labute approximate surface area is 149 Å². The highest BCUT2D eigenvalue weighted by atomic mass is 16.7. The van der Waals surface area contributed by atoms with Gasteiger partial charge in [0.1, 0.15) is 12.4 Å². The first kappa shape index (κ1) is 19.2. The number of ether oxygens (including phenoxy) is 4. The Hall–Kier alpha value is -2.15. The van der Waals surface area contributed by atoms with Gasteiger partial charge < -0.3 is 29.6 Å². The van der Waals surface area contributed by atoms with E-state index < -0.39 is 0 Å². The second-order valence-electron chi connectivity index (χ2n) is 6.11. The summed E-state index contributed by atoms with van der Waals surface area (Å²) < 4.78 is 21.9. The number of aliphatic imine (C=N–C) groups is 1. The van der Waals surface area contributed by atoms with Crippen molar-refractivity contribution in [3.05, 3.63) is 18.2 Å². The highest BCUT2D eigenvalue weighted by Crippen LogP contribution is 2.34. The lowest BCUT2D eigenvalue weighted by atomic mass is 10.2. The Balaban J connectivity index is 1.55. The maximum atomic E-state index is 5.71. The van der Waals surface area contributed by atoms with E-state index in [1.54, 1.807) is 7.05 Å². The van der Waals surface area contributed by atoms with Gasteiger partial charge in [-0.05, 0) is 24.5 Å². The van der Waals surface area contributed by atoms with Gasteiger partial charge in [-0.25, -0.2) is 0 Å². The first-order valence-electron chi connectivity index (χ1n) is 8.73. The zero-order valence-corrected chi connectivity index (χ0v) is 15.3. The molecule has 7 heteroatoms. The summed E-state index contributed by atoms with van der Waals surface area (Å²) in [7, 11) is 1.75. The summed E-state index contributed by atoms with van der Waals surface area (Å²) in [4.78, 5) is 4.19. The molecule has 25 heavy (non-hydrogen) atoms. The molecule has 0 atom stereocenters. The molecular weight excluding hydrogens is 322 g/mol. The van der Waals surface area contributed by atoms with Crippen molar-refractivity contribution in [1.29, 1.82) is 0 Å². The molecule has 0 aromatic heterocycles. The van der Waals surface area contributed by atoms with Gasteiger partial charge in [0.15, 0.2) is 17.5 Å². The van der Waals surface area contributed by atoms with Crippen LogP contribution in [0.3, 0.4) is 0 Å². The van der Waals surface area contributed by atoms with E-state index in [0.717, 1.165) is 49.4 Å². The number of nitrogens with one attached hydrogen (secondary N) is 2. The molecule has 1 aromatic carbocycles. The third-order valence-electron chi connectivity index (χ3n) is 3.44. The molecule has 140 valence electrons. The predicted molar refractivity (Wildman–Crippen MR) is 97.7 cm³/mol. The number of nitrogens with zero attached hydrogens (tertiary/aromatic N) is 1. The van der Waals surface area contributed by atoms with Crippen LogP contribution in [0.5, 0.6) is 17.2 Å². The van der Waals surface area contributed by atoms with Gasteiger partial charge >= 0.3 is 0 Å². The lowest BCUT2D eigenvalue weighted by molar-refractivity contribution is 0.108. The fourth-order valence-electron chi connectivity index (χ4n) is 2.23. The van der Waals surface area contributed by atoms with Crippen LogP contribution in [-0.4, -0.2) is 52.7 Å². The van der Waals surface area contributed by atoms with Crippen LogP contribution in [-0.2, 0) is 4.74 Å². The minimum Gasteiger partial charge on any atom is -0.492 e. The zero-order chi connectivity index (χ0) is 17.9. The Morgan fingerprint density at radius 2 is 1.96 bits per heavy atom. The molecule has 7 nitrogen and oxygen atoms in total. The van der Waals surface area contributed by atoms with Crippen LogP contribution >= 0.6 is 0 Å². The molecule has 0 bridgehead atoms. The van der Waals surface area contributed by atoms with E-state index in [1.165, 1.54) is 0 Å². The van der Waals surface area contributed by atoms with Crippen molar-refractivity contribution in [3.8, 4) is 17.2 Å². The van der Waals surface area contributed by atoms with Crippen molar-refractivity contribution in [2.45, 2.75) is 20.3 Å². The molecule has 2 rings (SSSR count). The zero-order valence-electron chi connectivity index (χ0n) is 15.3. The van der Waals surface area contributed by atoms with Crippen LogP contribution < -0.4 is 24.8 Å². The minimum atomic E-state index is 0.269. The van der Waals surface area contributed by atoms with E-state index in [0.29, 0.717) is 19.1 Å². The monoisotopic (exact) mass is 351 g/mol. The van der Waals surface area contributed by atoms with E-state index in [-0.39, 0.29) is 6.79 Å². The molecule has 0 amide bonds. The number of benzene rings is 1. The minimum absolute atomic E-state index is 0.269. The van der Waals surface area contributed by atoms with Crippen LogP contribution in [0.15, 0.2) is 23.2 Å². The van der Waals surface area contributed by atoms with Crippen molar-refractivity contribution in [2.75, 3.05) is 46.8 Å². The molecule has 1 aromatic rings. The quantitative estimate of drug-likeness (QED) is 0.382. The second kappa shape index (κ2) is 10.7. The van der Waals surface area contributed by atoms with Crippen LogP contribution in [0, 0.1) is 5.92 Å². The Bertz CT molecular complexity index is 549. The van der Waals surface area contributed by atoms with Crippen molar-refractivity contribution in [1.82, 2.24) is 10.6 Å². The van der Waals surface area contributed by atoms with Gasteiger partial charge in [-0.3, -0.25) is 4.99 Å². The van der Waals surface area contributed by atoms with Crippen molar-refractivity contribution < 1.29 is 18.9 Å². The van der Waals surface area contributed by atoms with E-state index in [2.05, 4.69) is 29.5 Å². The summed E-state index contributed by atoms with van der Waals surface area (Å²) >= 11 is 0. The van der Waals surface area contributed by atoms with E-state index in [4.69, 9.17) is 18.9 Å². The fourth-order valence-corrected chi connectivity index (χ4v) is 2.23. The fraction of sp³-hybridized carbons (Fsp3) is 0.611. The van der Waals surface area contributed by atoms with E-state index in [9.17, 15) is 0 Å². The largest absolute Gasteiger partial charge is 0.492 e.